The topological polar surface area (TPSA) is 78.9 Å². The molecular formula is C62H108O6. The summed E-state index contributed by atoms with van der Waals surface area (Å²) in [4.78, 5) is 38.0. The van der Waals surface area contributed by atoms with E-state index in [-0.39, 0.29) is 31.6 Å². The lowest BCUT2D eigenvalue weighted by Gasteiger charge is -2.18. The second-order valence-corrected chi connectivity index (χ2v) is 19.2. The van der Waals surface area contributed by atoms with Gasteiger partial charge in [-0.1, -0.05) is 267 Å². The SMILES string of the molecule is CC/C=C\C/C=C\C/C=C\C/C=C\C/C=C\CC(=O)OC(COC(=O)CCCCCCCCCCCC)COC(=O)CCCCCCCCCCCCCCC/C=C\CCCCCCCCCC. The van der Waals surface area contributed by atoms with E-state index in [1.807, 2.05) is 6.08 Å². The third-order valence-electron chi connectivity index (χ3n) is 12.5. The number of carbonyl (C=O) groups excluding carboxylic acids is 3. The Balaban J connectivity index is 4.28. The van der Waals surface area contributed by atoms with Crippen LogP contribution in [0.5, 0.6) is 0 Å². The van der Waals surface area contributed by atoms with Crippen LogP contribution < -0.4 is 0 Å². The lowest BCUT2D eigenvalue weighted by atomic mass is 10.0. The Kier molecular flexibility index (Phi) is 53.8. The van der Waals surface area contributed by atoms with Crippen molar-refractivity contribution < 1.29 is 28.6 Å². The van der Waals surface area contributed by atoms with Gasteiger partial charge in [-0.15, -0.1) is 0 Å². The number of esters is 3. The van der Waals surface area contributed by atoms with Gasteiger partial charge in [0, 0.05) is 12.8 Å². The molecule has 0 saturated carbocycles. The van der Waals surface area contributed by atoms with Crippen LogP contribution >= 0.6 is 0 Å². The highest BCUT2D eigenvalue weighted by molar-refractivity contribution is 5.72. The van der Waals surface area contributed by atoms with E-state index in [4.69, 9.17) is 14.2 Å². The Morgan fingerprint density at radius 3 is 0.956 bits per heavy atom. The lowest BCUT2D eigenvalue weighted by Crippen LogP contribution is -2.30. The van der Waals surface area contributed by atoms with Crippen molar-refractivity contribution in [3.8, 4) is 0 Å². The summed E-state index contributed by atoms with van der Waals surface area (Å²) in [7, 11) is 0. The zero-order chi connectivity index (χ0) is 49.3. The fourth-order valence-electron chi connectivity index (χ4n) is 8.16. The Bertz CT molecular complexity index is 1270. The van der Waals surface area contributed by atoms with Gasteiger partial charge >= 0.3 is 17.9 Å². The van der Waals surface area contributed by atoms with Crippen molar-refractivity contribution in [1.82, 2.24) is 0 Å². The van der Waals surface area contributed by atoms with Gasteiger partial charge in [0.15, 0.2) is 6.10 Å². The highest BCUT2D eigenvalue weighted by atomic mass is 16.6. The van der Waals surface area contributed by atoms with E-state index < -0.39 is 12.1 Å². The van der Waals surface area contributed by atoms with Gasteiger partial charge in [-0.25, -0.2) is 0 Å². The molecule has 0 radical (unpaired) electrons. The maximum Gasteiger partial charge on any atom is 0.310 e. The molecule has 0 saturated heterocycles. The highest BCUT2D eigenvalue weighted by Gasteiger charge is 2.19. The largest absolute Gasteiger partial charge is 0.462 e. The van der Waals surface area contributed by atoms with Crippen LogP contribution in [0.2, 0.25) is 0 Å². The number of hydrogen-bond acceptors (Lipinski definition) is 6. The summed E-state index contributed by atoms with van der Waals surface area (Å²) in [6, 6.07) is 0. The Morgan fingerprint density at radius 2 is 0.618 bits per heavy atom. The van der Waals surface area contributed by atoms with Gasteiger partial charge in [-0.3, -0.25) is 14.4 Å². The van der Waals surface area contributed by atoms with Crippen LogP contribution in [-0.4, -0.2) is 37.2 Å². The smallest absolute Gasteiger partial charge is 0.310 e. The zero-order valence-electron chi connectivity index (χ0n) is 44.9. The second-order valence-electron chi connectivity index (χ2n) is 19.2. The highest BCUT2D eigenvalue weighted by Crippen LogP contribution is 2.16. The normalized spacial score (nSPS) is 12.6. The van der Waals surface area contributed by atoms with E-state index in [0.717, 1.165) is 70.6 Å². The van der Waals surface area contributed by atoms with Gasteiger partial charge in [0.1, 0.15) is 13.2 Å². The Hall–Kier alpha value is -3.15. The van der Waals surface area contributed by atoms with E-state index in [2.05, 4.69) is 81.5 Å². The van der Waals surface area contributed by atoms with Crippen molar-refractivity contribution in [2.75, 3.05) is 13.2 Å². The molecule has 6 heteroatoms. The summed E-state index contributed by atoms with van der Waals surface area (Å²) >= 11 is 0. The third-order valence-corrected chi connectivity index (χ3v) is 12.5. The molecular weight excluding hydrogens is 841 g/mol. The molecule has 0 spiro atoms. The molecule has 0 aliphatic carbocycles. The van der Waals surface area contributed by atoms with E-state index in [0.29, 0.717) is 12.8 Å². The van der Waals surface area contributed by atoms with Gasteiger partial charge < -0.3 is 14.2 Å². The summed E-state index contributed by atoms with van der Waals surface area (Å²) in [5, 5.41) is 0. The van der Waals surface area contributed by atoms with Crippen molar-refractivity contribution in [2.24, 2.45) is 0 Å². The van der Waals surface area contributed by atoms with E-state index in [9.17, 15) is 14.4 Å². The standard InChI is InChI=1S/C62H108O6/c1-4-7-10-13-16-19-22-24-26-27-28-29-30-31-32-33-34-35-37-38-40-43-46-49-52-55-61(64)67-58-59(57-66-60(63)54-51-48-45-42-21-18-15-12-9-6-3)68-62(65)56-53-50-47-44-41-39-36-25-23-20-17-14-11-8-5-2/h8,11,17,20,25,27-28,36,41,44,50,53,59H,4-7,9-10,12-16,18-19,21-24,26,29-35,37-40,42-43,45-49,51-52,54-58H2,1-3H3/b11-8-,20-17-,28-27-,36-25-,44-41-,53-50-. The number of ether oxygens (including phenoxy) is 3. The van der Waals surface area contributed by atoms with Crippen LogP contribution in [0.1, 0.15) is 284 Å². The number of unbranched alkanes of at least 4 members (excludes halogenated alkanes) is 30. The minimum Gasteiger partial charge on any atom is -0.462 e. The monoisotopic (exact) mass is 949 g/mol. The summed E-state index contributed by atoms with van der Waals surface area (Å²) in [6.07, 6.45) is 72.3. The second kappa shape index (κ2) is 56.4. The molecule has 0 rings (SSSR count). The van der Waals surface area contributed by atoms with Gasteiger partial charge in [0.25, 0.3) is 0 Å². The minimum absolute atomic E-state index is 0.0995. The molecule has 0 aromatic rings. The molecule has 0 heterocycles. The number of hydrogen-bond donors (Lipinski definition) is 0. The van der Waals surface area contributed by atoms with Crippen LogP contribution in [0.25, 0.3) is 0 Å². The average Bonchev–Trinajstić information content (AvgIpc) is 3.34. The number of rotatable bonds is 52. The van der Waals surface area contributed by atoms with E-state index in [1.54, 1.807) is 6.08 Å². The lowest BCUT2D eigenvalue weighted by molar-refractivity contribution is -0.166. The molecule has 0 aliphatic rings. The van der Waals surface area contributed by atoms with Crippen molar-refractivity contribution in [3.63, 3.8) is 0 Å². The number of carbonyl (C=O) groups is 3. The predicted molar refractivity (Wildman–Crippen MR) is 293 cm³/mol. The molecule has 0 fully saturated rings. The average molecular weight is 950 g/mol. The Morgan fingerprint density at radius 1 is 0.324 bits per heavy atom. The van der Waals surface area contributed by atoms with Crippen molar-refractivity contribution in [3.05, 3.63) is 72.9 Å². The first-order chi connectivity index (χ1) is 33.5. The van der Waals surface area contributed by atoms with Crippen LogP contribution in [0, 0.1) is 0 Å². The van der Waals surface area contributed by atoms with Crippen LogP contribution in [0.4, 0.5) is 0 Å². The quantitative estimate of drug-likeness (QED) is 0.0262. The van der Waals surface area contributed by atoms with Crippen LogP contribution in [-0.2, 0) is 28.6 Å². The van der Waals surface area contributed by atoms with Crippen molar-refractivity contribution in [2.45, 2.75) is 290 Å². The first kappa shape index (κ1) is 64.8. The molecule has 1 atom stereocenters. The molecule has 392 valence electrons. The molecule has 0 aromatic heterocycles. The molecule has 0 aliphatic heterocycles. The summed E-state index contributed by atoms with van der Waals surface area (Å²) in [6.45, 7) is 6.45. The maximum absolute atomic E-state index is 12.7. The van der Waals surface area contributed by atoms with Crippen LogP contribution in [0.3, 0.4) is 0 Å². The molecule has 68 heavy (non-hydrogen) atoms. The van der Waals surface area contributed by atoms with Gasteiger partial charge in [-0.05, 0) is 70.6 Å². The fraction of sp³-hybridized carbons (Fsp3) is 0.758. The van der Waals surface area contributed by atoms with E-state index >= 15 is 0 Å². The fourth-order valence-corrected chi connectivity index (χ4v) is 8.16. The molecule has 0 bridgehead atoms. The predicted octanol–water partition coefficient (Wildman–Crippen LogP) is 19.4. The summed E-state index contributed by atoms with van der Waals surface area (Å²) in [5.74, 6) is -1.04. The molecule has 0 N–H and O–H groups in total. The first-order valence-corrected chi connectivity index (χ1v) is 28.9. The maximum atomic E-state index is 12.7. The Labute approximate surface area is 421 Å². The van der Waals surface area contributed by atoms with Crippen LogP contribution in [0.15, 0.2) is 72.9 Å². The molecule has 1 unspecified atom stereocenters. The van der Waals surface area contributed by atoms with E-state index in [1.165, 1.54) is 173 Å². The minimum atomic E-state index is -0.827. The van der Waals surface area contributed by atoms with Gasteiger partial charge in [0.2, 0.25) is 0 Å². The molecule has 0 amide bonds. The van der Waals surface area contributed by atoms with Gasteiger partial charge in [0.05, 0.1) is 6.42 Å². The molecule has 6 nitrogen and oxygen atoms in total. The summed E-state index contributed by atoms with van der Waals surface area (Å²) in [5.41, 5.74) is 0. The summed E-state index contributed by atoms with van der Waals surface area (Å²) < 4.78 is 16.7. The van der Waals surface area contributed by atoms with Crippen molar-refractivity contribution >= 4 is 17.9 Å². The van der Waals surface area contributed by atoms with Gasteiger partial charge in [-0.2, -0.15) is 0 Å². The molecule has 0 aromatic carbocycles. The third kappa shape index (κ3) is 53.8. The van der Waals surface area contributed by atoms with Crippen molar-refractivity contribution in [1.29, 1.82) is 0 Å². The zero-order valence-corrected chi connectivity index (χ0v) is 44.9. The number of allylic oxidation sites excluding steroid dienone is 11. The first-order valence-electron chi connectivity index (χ1n) is 28.9.